The topological polar surface area (TPSA) is 52.0 Å². The lowest BCUT2D eigenvalue weighted by Gasteiger charge is -1.72. The van der Waals surface area contributed by atoms with Gasteiger partial charge in [-0.3, -0.25) is 0 Å². The first kappa shape index (κ1) is 10.5. The summed E-state index contributed by atoms with van der Waals surface area (Å²) in [6, 6.07) is 0. The minimum Gasteiger partial charge on any atom is -0.329 e. The van der Waals surface area contributed by atoms with Gasteiger partial charge in [-0.2, -0.15) is 0 Å². The van der Waals surface area contributed by atoms with Crippen molar-refractivity contribution in [1.82, 2.24) is 0 Å². The van der Waals surface area contributed by atoms with Crippen LogP contribution >= 0.6 is 23.2 Å². The third-order valence-electron chi connectivity index (χ3n) is 0.167. The lowest BCUT2D eigenvalue weighted by molar-refractivity contribution is 0.976. The second kappa shape index (κ2) is 16.1. The Bertz CT molecular complexity index is 18.4. The number of alkyl halides is 2. The molecule has 0 bridgehead atoms. The Balaban J connectivity index is 0. The molecule has 0 unspecified atom stereocenters. The van der Waals surface area contributed by atoms with E-state index in [0.717, 1.165) is 0 Å². The standard InChI is InChI=1S/C2H8N2.CH2Cl2/c3-1-2-4;2-1-3/h1-4H2;1H2. The SMILES string of the molecule is ClCCl.NCCN. The Morgan fingerprint density at radius 2 is 1.14 bits per heavy atom. The number of rotatable bonds is 1. The van der Waals surface area contributed by atoms with E-state index in [1.165, 1.54) is 0 Å². The fourth-order valence-electron chi connectivity index (χ4n) is 0. The van der Waals surface area contributed by atoms with Gasteiger partial charge in [0.25, 0.3) is 0 Å². The summed E-state index contributed by atoms with van der Waals surface area (Å²) in [7, 11) is 0. The molecule has 0 aliphatic heterocycles. The lowest BCUT2D eigenvalue weighted by atomic mass is 10.7. The quantitative estimate of drug-likeness (QED) is 0.522. The summed E-state index contributed by atoms with van der Waals surface area (Å²) in [4.78, 5) is 0. The molecule has 0 radical (unpaired) electrons. The maximum atomic E-state index is 4.90. The molecule has 46 valence electrons. The molecule has 0 aromatic rings. The van der Waals surface area contributed by atoms with Crippen molar-refractivity contribution in [2.24, 2.45) is 11.5 Å². The van der Waals surface area contributed by atoms with Gasteiger partial charge in [0.15, 0.2) is 0 Å². The Labute approximate surface area is 53.8 Å². The van der Waals surface area contributed by atoms with Crippen LogP contribution in [0.25, 0.3) is 0 Å². The fraction of sp³-hybridized carbons (Fsp3) is 1.00. The largest absolute Gasteiger partial charge is 0.329 e. The van der Waals surface area contributed by atoms with E-state index in [1.807, 2.05) is 0 Å². The maximum Gasteiger partial charge on any atom is 0.0967 e. The zero-order valence-corrected chi connectivity index (χ0v) is 5.54. The molecule has 0 aliphatic carbocycles. The predicted octanol–water partition coefficient (Wildman–Crippen LogP) is 0.325. The monoisotopic (exact) mass is 144 g/mol. The summed E-state index contributed by atoms with van der Waals surface area (Å²) in [5.74, 6) is 0. The Kier molecular flexibility index (Phi) is 24.0. The molecular formula is C3H10Cl2N2. The molecule has 0 saturated heterocycles. The maximum absolute atomic E-state index is 4.90. The second-order valence-electron chi connectivity index (χ2n) is 0.678. The van der Waals surface area contributed by atoms with Gasteiger partial charge in [-0.1, -0.05) is 0 Å². The average molecular weight is 145 g/mol. The van der Waals surface area contributed by atoms with E-state index in [9.17, 15) is 0 Å². The van der Waals surface area contributed by atoms with Gasteiger partial charge in [0.2, 0.25) is 0 Å². The Morgan fingerprint density at radius 1 is 1.00 bits per heavy atom. The summed E-state index contributed by atoms with van der Waals surface area (Å²) in [5.41, 5.74) is 9.81. The van der Waals surface area contributed by atoms with Crippen LogP contribution < -0.4 is 11.5 Å². The van der Waals surface area contributed by atoms with Crippen molar-refractivity contribution in [3.05, 3.63) is 0 Å². The minimum absolute atomic E-state index is 0.194. The van der Waals surface area contributed by atoms with E-state index in [2.05, 4.69) is 0 Å². The summed E-state index contributed by atoms with van der Waals surface area (Å²) in [6.45, 7) is 1.19. The molecule has 0 spiro atoms. The smallest absolute Gasteiger partial charge is 0.0967 e. The number of hydrogen-bond donors (Lipinski definition) is 2. The van der Waals surface area contributed by atoms with Gasteiger partial charge in [0, 0.05) is 13.1 Å². The summed E-state index contributed by atoms with van der Waals surface area (Å²) < 4.78 is 0. The van der Waals surface area contributed by atoms with Gasteiger partial charge in [-0.05, 0) is 0 Å². The molecule has 7 heavy (non-hydrogen) atoms. The van der Waals surface area contributed by atoms with Gasteiger partial charge in [-0.25, -0.2) is 0 Å². The first-order valence-corrected chi connectivity index (χ1v) is 2.92. The molecule has 4 N–H and O–H groups in total. The van der Waals surface area contributed by atoms with Crippen LogP contribution in [0.1, 0.15) is 0 Å². The zero-order valence-electron chi connectivity index (χ0n) is 4.03. The van der Waals surface area contributed by atoms with E-state index in [-0.39, 0.29) is 5.34 Å². The van der Waals surface area contributed by atoms with Crippen LogP contribution in [0.15, 0.2) is 0 Å². The predicted molar refractivity (Wildman–Crippen MR) is 34.7 cm³/mol. The van der Waals surface area contributed by atoms with Crippen molar-refractivity contribution in [2.45, 2.75) is 0 Å². The van der Waals surface area contributed by atoms with E-state index in [1.54, 1.807) is 0 Å². The second-order valence-corrected chi connectivity index (χ2v) is 1.49. The van der Waals surface area contributed by atoms with Gasteiger partial charge in [0.05, 0.1) is 5.34 Å². The van der Waals surface area contributed by atoms with Gasteiger partial charge in [-0.15, -0.1) is 23.2 Å². The summed E-state index contributed by atoms with van der Waals surface area (Å²) in [5, 5.41) is 0.194. The molecule has 0 aliphatic rings. The van der Waals surface area contributed by atoms with Crippen LogP contribution in [-0.2, 0) is 0 Å². The van der Waals surface area contributed by atoms with Crippen LogP contribution in [0.4, 0.5) is 0 Å². The number of hydrogen-bond acceptors (Lipinski definition) is 2. The number of nitrogens with two attached hydrogens (primary N) is 2. The van der Waals surface area contributed by atoms with E-state index >= 15 is 0 Å². The molecule has 4 heteroatoms. The minimum atomic E-state index is 0.194. The highest BCUT2D eigenvalue weighted by molar-refractivity contribution is 6.40. The first-order chi connectivity index (χ1) is 3.33. The third-order valence-corrected chi connectivity index (χ3v) is 0.167. The van der Waals surface area contributed by atoms with Crippen LogP contribution in [0, 0.1) is 0 Å². The highest BCUT2D eigenvalue weighted by atomic mass is 35.5. The van der Waals surface area contributed by atoms with E-state index in [0.29, 0.717) is 13.1 Å². The molecule has 0 fully saturated rings. The molecule has 0 rings (SSSR count). The lowest BCUT2D eigenvalue weighted by Crippen LogP contribution is -2.11. The molecule has 0 amide bonds. The van der Waals surface area contributed by atoms with Crippen molar-refractivity contribution in [1.29, 1.82) is 0 Å². The summed E-state index contributed by atoms with van der Waals surface area (Å²) in [6.07, 6.45) is 0. The van der Waals surface area contributed by atoms with Crippen LogP contribution in [0.2, 0.25) is 0 Å². The highest BCUT2D eigenvalue weighted by Gasteiger charge is 1.54. The van der Waals surface area contributed by atoms with Gasteiger partial charge in [0.1, 0.15) is 0 Å². The fourth-order valence-corrected chi connectivity index (χ4v) is 0. The van der Waals surface area contributed by atoms with Crippen molar-refractivity contribution < 1.29 is 0 Å². The Hall–Kier alpha value is 0.500. The molecule has 0 saturated carbocycles. The molecular weight excluding hydrogens is 135 g/mol. The van der Waals surface area contributed by atoms with Gasteiger partial charge < -0.3 is 11.5 Å². The van der Waals surface area contributed by atoms with Crippen molar-refractivity contribution in [3.63, 3.8) is 0 Å². The van der Waals surface area contributed by atoms with Gasteiger partial charge >= 0.3 is 0 Å². The molecule has 2 nitrogen and oxygen atoms in total. The van der Waals surface area contributed by atoms with Crippen molar-refractivity contribution in [3.8, 4) is 0 Å². The molecule has 0 heterocycles. The molecule has 0 aromatic heterocycles. The van der Waals surface area contributed by atoms with E-state index in [4.69, 9.17) is 34.7 Å². The van der Waals surface area contributed by atoms with Crippen molar-refractivity contribution in [2.75, 3.05) is 18.4 Å². The van der Waals surface area contributed by atoms with Crippen LogP contribution in [0.5, 0.6) is 0 Å². The zero-order chi connectivity index (χ0) is 6.12. The van der Waals surface area contributed by atoms with Crippen LogP contribution in [-0.4, -0.2) is 18.4 Å². The van der Waals surface area contributed by atoms with Crippen molar-refractivity contribution >= 4 is 23.2 Å². The van der Waals surface area contributed by atoms with E-state index < -0.39 is 0 Å². The highest BCUT2D eigenvalue weighted by Crippen LogP contribution is 1.73. The Morgan fingerprint density at radius 3 is 1.14 bits per heavy atom. The van der Waals surface area contributed by atoms with Crippen LogP contribution in [0.3, 0.4) is 0 Å². The third kappa shape index (κ3) is 58.5. The molecule has 0 atom stereocenters. The number of halogens is 2. The average Bonchev–Trinajstić information content (AvgIpc) is 1.69. The summed E-state index contributed by atoms with van der Waals surface area (Å²) >= 11 is 9.53. The first-order valence-electron chi connectivity index (χ1n) is 1.85. The normalized spacial score (nSPS) is 6.86. The molecule has 0 aromatic carbocycles.